The third-order valence-corrected chi connectivity index (χ3v) is 5.08. The van der Waals surface area contributed by atoms with Crippen molar-refractivity contribution >= 4 is 17.5 Å². The van der Waals surface area contributed by atoms with Crippen LogP contribution in [0.3, 0.4) is 0 Å². The molecule has 7 nitrogen and oxygen atoms in total. The van der Waals surface area contributed by atoms with Gasteiger partial charge in [-0.3, -0.25) is 9.59 Å². The third kappa shape index (κ3) is 4.68. The number of benzene rings is 2. The Morgan fingerprint density at radius 1 is 1.28 bits per heavy atom. The number of hydrogen-bond donors (Lipinski definition) is 2. The van der Waals surface area contributed by atoms with Crippen molar-refractivity contribution < 1.29 is 19.1 Å². The highest BCUT2D eigenvalue weighted by Crippen LogP contribution is 2.34. The van der Waals surface area contributed by atoms with E-state index in [1.54, 1.807) is 37.3 Å². The summed E-state index contributed by atoms with van der Waals surface area (Å²) in [7, 11) is 3.32. The zero-order valence-corrected chi connectivity index (χ0v) is 16.8. The molecule has 0 saturated carbocycles. The van der Waals surface area contributed by atoms with Gasteiger partial charge in [0.2, 0.25) is 5.91 Å². The molecule has 0 bridgehead atoms. The number of amides is 2. The second-order valence-electron chi connectivity index (χ2n) is 6.98. The first kappa shape index (κ1) is 20.7. The number of carbonyl (C=O) groups excluding carboxylic acids is 2. The molecule has 29 heavy (non-hydrogen) atoms. The molecule has 7 heteroatoms. The summed E-state index contributed by atoms with van der Waals surface area (Å²) in [6.07, 6.45) is 1.05. The molecule has 154 valence electrons. The molecule has 2 aromatic carbocycles. The van der Waals surface area contributed by atoms with Crippen LogP contribution in [0.2, 0.25) is 0 Å². The molecule has 2 aromatic rings. The molecule has 0 saturated heterocycles. The summed E-state index contributed by atoms with van der Waals surface area (Å²) >= 11 is 0. The number of carbonyl (C=O) groups is 2. The smallest absolute Gasteiger partial charge is 0.255 e. The van der Waals surface area contributed by atoms with Crippen LogP contribution >= 0.6 is 0 Å². The predicted octanol–water partition coefficient (Wildman–Crippen LogP) is 2.30. The molecular weight excluding hydrogens is 370 g/mol. The lowest BCUT2D eigenvalue weighted by Gasteiger charge is -2.31. The lowest BCUT2D eigenvalue weighted by Crippen LogP contribution is -2.37. The zero-order chi connectivity index (χ0) is 20.8. The van der Waals surface area contributed by atoms with E-state index in [0.29, 0.717) is 49.6 Å². The van der Waals surface area contributed by atoms with Gasteiger partial charge in [0.05, 0.1) is 19.3 Å². The maximum absolute atomic E-state index is 12.9. The Kier molecular flexibility index (Phi) is 6.72. The minimum Gasteiger partial charge on any atom is -0.497 e. The Labute approximate surface area is 170 Å². The summed E-state index contributed by atoms with van der Waals surface area (Å²) in [5, 5.41) is 2.96. The van der Waals surface area contributed by atoms with E-state index in [-0.39, 0.29) is 17.7 Å². The number of hydrogen-bond acceptors (Lipinski definition) is 5. The molecule has 0 radical (unpaired) electrons. The van der Waals surface area contributed by atoms with Crippen LogP contribution in [0.15, 0.2) is 42.5 Å². The summed E-state index contributed by atoms with van der Waals surface area (Å²) in [4.78, 5) is 26.9. The quantitative estimate of drug-likeness (QED) is 0.667. The number of ether oxygens (including phenoxy) is 2. The monoisotopic (exact) mass is 397 g/mol. The highest BCUT2D eigenvalue weighted by molar-refractivity contribution is 5.98. The fraction of sp³-hybridized carbons (Fsp3) is 0.364. The van der Waals surface area contributed by atoms with Gasteiger partial charge in [0, 0.05) is 31.6 Å². The topological polar surface area (TPSA) is 93.9 Å². The Morgan fingerprint density at radius 3 is 2.83 bits per heavy atom. The molecule has 3 rings (SSSR count). The minimum atomic E-state index is -0.268. The Morgan fingerprint density at radius 2 is 2.07 bits per heavy atom. The normalized spacial score (nSPS) is 15.6. The maximum atomic E-state index is 12.9. The van der Waals surface area contributed by atoms with Crippen molar-refractivity contribution in [1.82, 2.24) is 5.32 Å². The summed E-state index contributed by atoms with van der Waals surface area (Å²) < 4.78 is 11.0. The second kappa shape index (κ2) is 9.43. The summed E-state index contributed by atoms with van der Waals surface area (Å²) in [6, 6.07) is 12.9. The van der Waals surface area contributed by atoms with Gasteiger partial charge in [-0.15, -0.1) is 0 Å². The van der Waals surface area contributed by atoms with Gasteiger partial charge in [0.15, 0.2) is 0 Å². The molecule has 1 aliphatic rings. The van der Waals surface area contributed by atoms with Gasteiger partial charge in [-0.2, -0.15) is 0 Å². The lowest BCUT2D eigenvalue weighted by molar-refractivity contribution is -0.119. The number of nitrogens with zero attached hydrogens (tertiary/aromatic N) is 1. The largest absolute Gasteiger partial charge is 0.497 e. The Bertz CT molecular complexity index is 884. The van der Waals surface area contributed by atoms with Crippen molar-refractivity contribution in [3.63, 3.8) is 0 Å². The first-order chi connectivity index (χ1) is 14.0. The van der Waals surface area contributed by atoms with Crippen LogP contribution in [0, 0.1) is 0 Å². The van der Waals surface area contributed by atoms with Crippen LogP contribution in [0.25, 0.3) is 0 Å². The van der Waals surface area contributed by atoms with E-state index < -0.39 is 0 Å². The van der Waals surface area contributed by atoms with Gasteiger partial charge in [-0.05, 0) is 42.8 Å². The van der Waals surface area contributed by atoms with Gasteiger partial charge >= 0.3 is 0 Å². The number of rotatable bonds is 8. The molecule has 2 amide bonds. The fourth-order valence-electron chi connectivity index (χ4n) is 3.43. The van der Waals surface area contributed by atoms with E-state index in [9.17, 15) is 9.59 Å². The van der Waals surface area contributed by atoms with Gasteiger partial charge in [0.1, 0.15) is 11.5 Å². The molecule has 1 heterocycles. The van der Waals surface area contributed by atoms with Crippen molar-refractivity contribution in [1.29, 1.82) is 0 Å². The molecule has 3 N–H and O–H groups in total. The molecule has 0 unspecified atom stereocenters. The van der Waals surface area contributed by atoms with Crippen LogP contribution < -0.4 is 25.4 Å². The van der Waals surface area contributed by atoms with Crippen LogP contribution in [0.5, 0.6) is 11.5 Å². The number of nitrogens with two attached hydrogens (primary N) is 1. The number of anilines is 1. The van der Waals surface area contributed by atoms with Gasteiger partial charge in [-0.25, -0.2) is 0 Å². The number of para-hydroxylation sites is 1. The molecular formula is C22H27N3O4. The molecule has 1 aliphatic heterocycles. The number of fused-ring (bicyclic) bond motifs is 1. The average molecular weight is 397 g/mol. The van der Waals surface area contributed by atoms with Crippen LogP contribution in [0.4, 0.5) is 5.69 Å². The van der Waals surface area contributed by atoms with Crippen molar-refractivity contribution in [2.45, 2.75) is 18.8 Å². The van der Waals surface area contributed by atoms with Gasteiger partial charge in [0.25, 0.3) is 5.91 Å². The Hall–Kier alpha value is -3.06. The van der Waals surface area contributed by atoms with E-state index in [2.05, 4.69) is 5.32 Å². The molecule has 0 aromatic heterocycles. The first-order valence-corrected chi connectivity index (χ1v) is 9.69. The van der Waals surface area contributed by atoms with Crippen molar-refractivity contribution in [2.75, 3.05) is 38.8 Å². The minimum absolute atomic E-state index is 0.0372. The molecule has 0 fully saturated rings. The van der Waals surface area contributed by atoms with Gasteiger partial charge < -0.3 is 25.4 Å². The summed E-state index contributed by atoms with van der Waals surface area (Å²) in [6.45, 7) is 1.30. The van der Waals surface area contributed by atoms with Crippen LogP contribution in [0.1, 0.15) is 34.7 Å². The van der Waals surface area contributed by atoms with E-state index in [0.717, 1.165) is 11.3 Å². The van der Waals surface area contributed by atoms with E-state index in [1.807, 2.05) is 24.3 Å². The molecule has 1 atom stereocenters. The highest BCUT2D eigenvalue weighted by Gasteiger charge is 2.29. The third-order valence-electron chi connectivity index (χ3n) is 5.08. The molecule has 0 spiro atoms. The fourth-order valence-corrected chi connectivity index (χ4v) is 3.43. The van der Waals surface area contributed by atoms with E-state index in [4.69, 9.17) is 15.2 Å². The van der Waals surface area contributed by atoms with Crippen LogP contribution in [-0.4, -0.2) is 45.7 Å². The number of methoxy groups -OCH3 is 1. The van der Waals surface area contributed by atoms with Gasteiger partial charge in [-0.1, -0.05) is 18.2 Å². The Balaban J connectivity index is 1.75. The average Bonchev–Trinajstić information content (AvgIpc) is 2.75. The summed E-state index contributed by atoms with van der Waals surface area (Å²) in [5.41, 5.74) is 7.85. The molecule has 0 aliphatic carbocycles. The second-order valence-corrected chi connectivity index (χ2v) is 6.98. The highest BCUT2D eigenvalue weighted by atomic mass is 16.5. The van der Waals surface area contributed by atoms with Crippen molar-refractivity contribution in [3.05, 3.63) is 53.6 Å². The first-order valence-electron chi connectivity index (χ1n) is 9.69. The zero-order valence-electron chi connectivity index (χ0n) is 16.8. The van der Waals surface area contributed by atoms with E-state index in [1.165, 1.54) is 0 Å². The van der Waals surface area contributed by atoms with Crippen molar-refractivity contribution in [3.8, 4) is 11.5 Å². The maximum Gasteiger partial charge on any atom is 0.255 e. The van der Waals surface area contributed by atoms with Crippen molar-refractivity contribution in [2.24, 2.45) is 5.73 Å². The lowest BCUT2D eigenvalue weighted by atomic mass is 9.89. The number of nitrogens with one attached hydrogen (secondary N) is 1. The van der Waals surface area contributed by atoms with Crippen LogP contribution in [-0.2, 0) is 4.79 Å². The summed E-state index contributed by atoms with van der Waals surface area (Å²) in [5.74, 6) is 0.745. The standard InChI is InChI=1S/C22H27N3O4/c1-25-19-7-4-3-6-17(19)15(12-21(25)26)14-24-22(27)18-13-16(28-2)8-9-20(18)29-11-5-10-23/h3-4,6-9,13,15H,5,10-12,14,23H2,1-2H3,(H,24,27)/t15-/m1/s1. The predicted molar refractivity (Wildman–Crippen MR) is 112 cm³/mol. The van der Waals surface area contributed by atoms with E-state index >= 15 is 0 Å². The SMILES string of the molecule is COc1ccc(OCCCN)c(C(=O)NC[C@H]2CC(=O)N(C)c3ccccc32)c1.